The molecule has 0 radical (unpaired) electrons. The molecule has 18 heavy (non-hydrogen) atoms. The fraction of sp³-hybridized carbons (Fsp3) is 0.286. The molecule has 0 amide bonds. The van der Waals surface area contributed by atoms with Gasteiger partial charge >= 0.3 is 0 Å². The number of hydrogen-bond donors (Lipinski definition) is 1. The molecule has 2 rings (SSSR count). The number of benzene rings is 1. The van der Waals surface area contributed by atoms with Crippen molar-refractivity contribution in [2.24, 2.45) is 0 Å². The number of nitrogens with one attached hydrogen (secondary N) is 1. The smallest absolute Gasteiger partial charge is 0.126 e. The summed E-state index contributed by atoms with van der Waals surface area (Å²) in [6.45, 7) is 4.57. The van der Waals surface area contributed by atoms with E-state index in [4.69, 9.17) is 0 Å². The van der Waals surface area contributed by atoms with Crippen molar-refractivity contribution >= 4 is 0 Å². The molecule has 3 nitrogen and oxygen atoms in total. The number of nitrogens with zero attached hydrogens (tertiary/aromatic N) is 2. The second-order valence-electron chi connectivity index (χ2n) is 4.18. The van der Waals surface area contributed by atoms with Crippen LogP contribution in [0.3, 0.4) is 0 Å². The van der Waals surface area contributed by atoms with Gasteiger partial charge in [0.2, 0.25) is 0 Å². The lowest BCUT2D eigenvalue weighted by atomic mass is 9.99. The van der Waals surface area contributed by atoms with Gasteiger partial charge in [0, 0.05) is 6.20 Å². The fourth-order valence-electron chi connectivity index (χ4n) is 1.89. The van der Waals surface area contributed by atoms with Crippen LogP contribution in [0.2, 0.25) is 0 Å². The molecule has 4 heteroatoms. The van der Waals surface area contributed by atoms with Crippen molar-refractivity contribution in [3.05, 3.63) is 59.2 Å². The molecule has 0 spiro atoms. The van der Waals surface area contributed by atoms with Crippen molar-refractivity contribution in [1.82, 2.24) is 15.5 Å². The zero-order chi connectivity index (χ0) is 13.0. The van der Waals surface area contributed by atoms with Crippen molar-refractivity contribution < 1.29 is 4.39 Å². The van der Waals surface area contributed by atoms with Gasteiger partial charge in [-0.05, 0) is 42.3 Å². The highest BCUT2D eigenvalue weighted by atomic mass is 19.1. The van der Waals surface area contributed by atoms with E-state index >= 15 is 0 Å². The van der Waals surface area contributed by atoms with Gasteiger partial charge in [-0.25, -0.2) is 4.39 Å². The zero-order valence-electron chi connectivity index (χ0n) is 10.5. The van der Waals surface area contributed by atoms with E-state index in [0.717, 1.165) is 17.7 Å². The first kappa shape index (κ1) is 12.6. The summed E-state index contributed by atoms with van der Waals surface area (Å²) in [5, 5.41) is 11.0. The number of aryl methyl sites for hydroxylation is 1. The first-order valence-corrected chi connectivity index (χ1v) is 5.98. The Balaban J connectivity index is 2.38. The van der Waals surface area contributed by atoms with Crippen LogP contribution in [-0.2, 0) is 0 Å². The number of rotatable bonds is 4. The Morgan fingerprint density at radius 3 is 2.67 bits per heavy atom. The van der Waals surface area contributed by atoms with E-state index in [-0.39, 0.29) is 11.9 Å². The van der Waals surface area contributed by atoms with Crippen molar-refractivity contribution in [1.29, 1.82) is 0 Å². The van der Waals surface area contributed by atoms with Crippen LogP contribution < -0.4 is 5.32 Å². The second kappa shape index (κ2) is 5.69. The second-order valence-corrected chi connectivity index (χ2v) is 4.18. The summed E-state index contributed by atoms with van der Waals surface area (Å²) in [5.74, 6) is -0.183. The van der Waals surface area contributed by atoms with Gasteiger partial charge in [0.25, 0.3) is 0 Å². The molecule has 0 saturated carbocycles. The summed E-state index contributed by atoms with van der Waals surface area (Å²) in [6.07, 6.45) is 3.34. The standard InChI is InChI=1S/C14H16FN3/c1-3-16-14(12-6-7-17-18-9-12)11-5-4-10(2)13(15)8-11/h4-9,14,16H,3H2,1-2H3. The SMILES string of the molecule is CCNC(c1ccnnc1)c1ccc(C)c(F)c1. The average molecular weight is 245 g/mol. The van der Waals surface area contributed by atoms with Gasteiger partial charge in [0.15, 0.2) is 0 Å². The maximum atomic E-state index is 13.6. The van der Waals surface area contributed by atoms with Crippen LogP contribution in [-0.4, -0.2) is 16.7 Å². The molecule has 0 bridgehead atoms. The highest BCUT2D eigenvalue weighted by Crippen LogP contribution is 2.22. The normalized spacial score (nSPS) is 12.4. The Labute approximate surface area is 106 Å². The molecule has 0 aliphatic heterocycles. The van der Waals surface area contributed by atoms with Crippen LogP contribution >= 0.6 is 0 Å². The molecule has 1 aromatic carbocycles. The predicted octanol–water partition coefficient (Wildman–Crippen LogP) is 2.62. The Morgan fingerprint density at radius 1 is 1.22 bits per heavy atom. The molecule has 0 aliphatic rings. The highest BCUT2D eigenvalue weighted by Gasteiger charge is 2.14. The lowest BCUT2D eigenvalue weighted by Crippen LogP contribution is -2.22. The van der Waals surface area contributed by atoms with Crippen LogP contribution in [0.4, 0.5) is 4.39 Å². The lowest BCUT2D eigenvalue weighted by molar-refractivity contribution is 0.596. The first-order valence-electron chi connectivity index (χ1n) is 5.98. The minimum atomic E-state index is -0.183. The predicted molar refractivity (Wildman–Crippen MR) is 68.7 cm³/mol. The van der Waals surface area contributed by atoms with E-state index < -0.39 is 0 Å². The Bertz CT molecular complexity index is 514. The summed E-state index contributed by atoms with van der Waals surface area (Å²) < 4.78 is 13.6. The Morgan fingerprint density at radius 2 is 2.06 bits per heavy atom. The van der Waals surface area contributed by atoms with Gasteiger partial charge in [0.1, 0.15) is 5.82 Å². The maximum Gasteiger partial charge on any atom is 0.126 e. The fourth-order valence-corrected chi connectivity index (χ4v) is 1.89. The molecule has 1 atom stereocenters. The molecule has 2 aromatic rings. The first-order chi connectivity index (χ1) is 8.72. The van der Waals surface area contributed by atoms with Crippen LogP contribution in [0.1, 0.15) is 29.7 Å². The summed E-state index contributed by atoms with van der Waals surface area (Å²) in [4.78, 5) is 0. The van der Waals surface area contributed by atoms with E-state index in [0.29, 0.717) is 5.56 Å². The third-order valence-corrected chi connectivity index (χ3v) is 2.88. The molecular formula is C14H16FN3. The zero-order valence-corrected chi connectivity index (χ0v) is 10.5. The van der Waals surface area contributed by atoms with Crippen LogP contribution in [0.25, 0.3) is 0 Å². The van der Waals surface area contributed by atoms with Gasteiger partial charge in [-0.2, -0.15) is 10.2 Å². The largest absolute Gasteiger partial charge is 0.306 e. The summed E-state index contributed by atoms with van der Waals surface area (Å²) >= 11 is 0. The lowest BCUT2D eigenvalue weighted by Gasteiger charge is -2.18. The van der Waals surface area contributed by atoms with E-state index in [1.165, 1.54) is 0 Å². The quantitative estimate of drug-likeness (QED) is 0.899. The molecule has 1 aromatic heterocycles. The van der Waals surface area contributed by atoms with E-state index in [1.54, 1.807) is 31.5 Å². The van der Waals surface area contributed by atoms with Crippen molar-refractivity contribution in [3.8, 4) is 0 Å². The van der Waals surface area contributed by atoms with Gasteiger partial charge < -0.3 is 5.32 Å². The Kier molecular flexibility index (Phi) is 3.99. The van der Waals surface area contributed by atoms with E-state index in [9.17, 15) is 4.39 Å². The minimum Gasteiger partial charge on any atom is -0.306 e. The molecule has 0 saturated heterocycles. The summed E-state index contributed by atoms with van der Waals surface area (Å²) in [7, 11) is 0. The highest BCUT2D eigenvalue weighted by molar-refractivity contribution is 5.32. The number of halogens is 1. The number of aromatic nitrogens is 2. The van der Waals surface area contributed by atoms with Crippen LogP contribution in [0, 0.1) is 12.7 Å². The van der Waals surface area contributed by atoms with Crippen molar-refractivity contribution in [2.75, 3.05) is 6.54 Å². The number of hydrogen-bond acceptors (Lipinski definition) is 3. The third-order valence-electron chi connectivity index (χ3n) is 2.88. The minimum absolute atomic E-state index is 0.0550. The molecule has 1 N–H and O–H groups in total. The van der Waals surface area contributed by atoms with Gasteiger partial charge in [0.05, 0.1) is 12.2 Å². The van der Waals surface area contributed by atoms with E-state index in [1.807, 2.05) is 19.1 Å². The van der Waals surface area contributed by atoms with Crippen LogP contribution in [0.15, 0.2) is 36.7 Å². The molecule has 1 heterocycles. The molecule has 0 fully saturated rings. The average Bonchev–Trinajstić information content (AvgIpc) is 2.40. The topological polar surface area (TPSA) is 37.8 Å². The summed E-state index contributed by atoms with van der Waals surface area (Å²) in [5.41, 5.74) is 2.53. The monoisotopic (exact) mass is 245 g/mol. The maximum absolute atomic E-state index is 13.6. The third kappa shape index (κ3) is 2.71. The van der Waals surface area contributed by atoms with Crippen molar-refractivity contribution in [2.45, 2.75) is 19.9 Å². The van der Waals surface area contributed by atoms with Crippen molar-refractivity contribution in [3.63, 3.8) is 0 Å². The molecule has 0 aliphatic carbocycles. The van der Waals surface area contributed by atoms with Crippen LogP contribution in [0.5, 0.6) is 0 Å². The van der Waals surface area contributed by atoms with Gasteiger partial charge in [-0.1, -0.05) is 19.1 Å². The molecule has 94 valence electrons. The summed E-state index contributed by atoms with van der Waals surface area (Å²) in [6, 6.07) is 7.14. The van der Waals surface area contributed by atoms with Gasteiger partial charge in [-0.3, -0.25) is 0 Å². The Hall–Kier alpha value is -1.81. The van der Waals surface area contributed by atoms with E-state index in [2.05, 4.69) is 15.5 Å². The molecule has 1 unspecified atom stereocenters. The van der Waals surface area contributed by atoms with Gasteiger partial charge in [-0.15, -0.1) is 0 Å². The molecular weight excluding hydrogens is 229 g/mol.